The summed E-state index contributed by atoms with van der Waals surface area (Å²) in [5, 5.41) is 8.96. The summed E-state index contributed by atoms with van der Waals surface area (Å²) in [6, 6.07) is 13.4. The van der Waals surface area contributed by atoms with E-state index in [4.69, 9.17) is 0 Å². The molecule has 0 aliphatic carbocycles. The third-order valence-corrected chi connectivity index (χ3v) is 3.71. The fourth-order valence-corrected chi connectivity index (χ4v) is 2.59. The number of hydrogen-bond acceptors (Lipinski definition) is 3. The lowest BCUT2D eigenvalue weighted by molar-refractivity contribution is -0.116. The van der Waals surface area contributed by atoms with Crippen LogP contribution in [0.15, 0.2) is 42.5 Å². The second-order valence-corrected chi connectivity index (χ2v) is 5.63. The molecule has 3 rings (SSSR count). The lowest BCUT2D eigenvalue weighted by Crippen LogP contribution is -2.10. The van der Waals surface area contributed by atoms with Gasteiger partial charge in [-0.05, 0) is 29.3 Å². The molecule has 0 bridgehead atoms. The van der Waals surface area contributed by atoms with Crippen LogP contribution in [0.2, 0.25) is 0 Å². The summed E-state index contributed by atoms with van der Waals surface area (Å²) in [7, 11) is 0. The number of nitrogens with one attached hydrogen (secondary N) is 3. The summed E-state index contributed by atoms with van der Waals surface area (Å²) in [4.78, 5) is 22.7. The molecule has 1 heterocycles. The predicted molar refractivity (Wildman–Crippen MR) is 97.9 cm³/mol. The van der Waals surface area contributed by atoms with Crippen LogP contribution in [0.5, 0.6) is 0 Å². The van der Waals surface area contributed by atoms with Gasteiger partial charge in [-0.3, -0.25) is 9.59 Å². The Morgan fingerprint density at radius 3 is 2.67 bits per heavy atom. The van der Waals surface area contributed by atoms with Crippen LogP contribution in [0.1, 0.15) is 24.5 Å². The molecule has 0 aromatic heterocycles. The zero-order chi connectivity index (χ0) is 16.9. The SMILES string of the molecule is CC(=O)Nc1ccc(/C=C/c2cccc3c2NCCC(=O)N3)cc1. The Balaban J connectivity index is 1.81. The van der Waals surface area contributed by atoms with Crippen molar-refractivity contribution < 1.29 is 9.59 Å². The minimum atomic E-state index is -0.0848. The number of rotatable bonds is 3. The largest absolute Gasteiger partial charge is 0.382 e. The highest BCUT2D eigenvalue weighted by Crippen LogP contribution is 2.29. The van der Waals surface area contributed by atoms with Crippen LogP contribution in [-0.2, 0) is 9.59 Å². The van der Waals surface area contributed by atoms with Crippen LogP contribution in [0.3, 0.4) is 0 Å². The van der Waals surface area contributed by atoms with Gasteiger partial charge in [-0.2, -0.15) is 0 Å². The Kier molecular flexibility index (Phi) is 4.61. The molecule has 122 valence electrons. The maximum Gasteiger partial charge on any atom is 0.226 e. The normalized spacial score (nSPS) is 13.6. The molecule has 0 saturated heterocycles. The van der Waals surface area contributed by atoms with Gasteiger partial charge in [0.05, 0.1) is 11.4 Å². The average Bonchev–Trinajstić information content (AvgIpc) is 2.74. The molecule has 1 aliphatic rings. The molecule has 0 fully saturated rings. The van der Waals surface area contributed by atoms with Crippen molar-refractivity contribution in [2.24, 2.45) is 0 Å². The van der Waals surface area contributed by atoms with Gasteiger partial charge in [0.15, 0.2) is 0 Å². The fourth-order valence-electron chi connectivity index (χ4n) is 2.59. The number of benzene rings is 2. The van der Waals surface area contributed by atoms with E-state index in [1.807, 2.05) is 54.6 Å². The Hall–Kier alpha value is -3.08. The average molecular weight is 321 g/mol. The quantitative estimate of drug-likeness (QED) is 0.757. The highest BCUT2D eigenvalue weighted by molar-refractivity contribution is 5.98. The molecule has 5 nitrogen and oxygen atoms in total. The van der Waals surface area contributed by atoms with Gasteiger partial charge < -0.3 is 16.0 Å². The first-order valence-corrected chi connectivity index (χ1v) is 7.84. The van der Waals surface area contributed by atoms with Gasteiger partial charge >= 0.3 is 0 Å². The third kappa shape index (κ3) is 3.81. The Morgan fingerprint density at radius 2 is 1.92 bits per heavy atom. The van der Waals surface area contributed by atoms with Crippen LogP contribution in [0.4, 0.5) is 17.1 Å². The van der Waals surface area contributed by atoms with E-state index in [2.05, 4.69) is 16.0 Å². The maximum atomic E-state index is 11.6. The van der Waals surface area contributed by atoms with Gasteiger partial charge in [0.2, 0.25) is 11.8 Å². The van der Waals surface area contributed by atoms with Crippen molar-refractivity contribution in [1.29, 1.82) is 0 Å². The summed E-state index contributed by atoms with van der Waals surface area (Å²) >= 11 is 0. The third-order valence-electron chi connectivity index (χ3n) is 3.71. The van der Waals surface area contributed by atoms with Gasteiger partial charge in [-0.15, -0.1) is 0 Å². The molecule has 0 spiro atoms. The number of amides is 2. The van der Waals surface area contributed by atoms with Crippen LogP contribution < -0.4 is 16.0 Å². The molecule has 24 heavy (non-hydrogen) atoms. The van der Waals surface area contributed by atoms with Crippen molar-refractivity contribution in [3.63, 3.8) is 0 Å². The molecule has 3 N–H and O–H groups in total. The molecule has 1 aliphatic heterocycles. The van der Waals surface area contributed by atoms with Crippen LogP contribution >= 0.6 is 0 Å². The second-order valence-electron chi connectivity index (χ2n) is 5.63. The maximum absolute atomic E-state index is 11.6. The molecule has 0 atom stereocenters. The fraction of sp³-hybridized carbons (Fsp3) is 0.158. The van der Waals surface area contributed by atoms with Gasteiger partial charge in [0, 0.05) is 25.6 Å². The van der Waals surface area contributed by atoms with Crippen molar-refractivity contribution in [2.45, 2.75) is 13.3 Å². The summed E-state index contributed by atoms with van der Waals surface area (Å²) in [6.45, 7) is 2.11. The van der Waals surface area contributed by atoms with Gasteiger partial charge in [-0.1, -0.05) is 36.4 Å². The van der Waals surface area contributed by atoms with Crippen molar-refractivity contribution >= 4 is 41.0 Å². The summed E-state index contributed by atoms with van der Waals surface area (Å²) in [6.07, 6.45) is 4.47. The summed E-state index contributed by atoms with van der Waals surface area (Å²) in [5.41, 5.74) is 4.56. The first-order chi connectivity index (χ1) is 11.6. The molecule has 2 aromatic carbocycles. The molecular formula is C19H19N3O2. The zero-order valence-corrected chi connectivity index (χ0v) is 13.4. The zero-order valence-electron chi connectivity index (χ0n) is 13.4. The van der Waals surface area contributed by atoms with E-state index in [0.717, 1.165) is 28.2 Å². The Morgan fingerprint density at radius 1 is 1.12 bits per heavy atom. The molecule has 0 radical (unpaired) electrons. The topological polar surface area (TPSA) is 70.2 Å². The lowest BCUT2D eigenvalue weighted by Gasteiger charge is -2.11. The van der Waals surface area contributed by atoms with E-state index in [1.54, 1.807) is 0 Å². The monoisotopic (exact) mass is 321 g/mol. The first kappa shape index (κ1) is 15.8. The number of carbonyl (C=O) groups is 2. The number of carbonyl (C=O) groups excluding carboxylic acids is 2. The van der Waals surface area contributed by atoms with E-state index < -0.39 is 0 Å². The highest BCUT2D eigenvalue weighted by Gasteiger charge is 2.13. The van der Waals surface area contributed by atoms with Crippen molar-refractivity contribution in [3.05, 3.63) is 53.6 Å². The van der Waals surface area contributed by atoms with Gasteiger partial charge in [-0.25, -0.2) is 0 Å². The Labute approximate surface area is 140 Å². The lowest BCUT2D eigenvalue weighted by atomic mass is 10.1. The predicted octanol–water partition coefficient (Wildman–Crippen LogP) is 3.57. The first-order valence-electron chi connectivity index (χ1n) is 7.84. The van der Waals surface area contributed by atoms with Crippen LogP contribution in [0.25, 0.3) is 12.2 Å². The minimum absolute atomic E-state index is 0.0240. The van der Waals surface area contributed by atoms with Gasteiger partial charge in [0.1, 0.15) is 0 Å². The summed E-state index contributed by atoms with van der Waals surface area (Å²) < 4.78 is 0. The van der Waals surface area contributed by atoms with Crippen LogP contribution in [-0.4, -0.2) is 18.4 Å². The van der Waals surface area contributed by atoms with E-state index >= 15 is 0 Å². The number of hydrogen-bond donors (Lipinski definition) is 3. The number of para-hydroxylation sites is 1. The minimum Gasteiger partial charge on any atom is -0.382 e. The molecular weight excluding hydrogens is 302 g/mol. The molecule has 0 unspecified atom stereocenters. The standard InChI is InChI=1S/C19H19N3O2/c1-13(23)21-16-9-6-14(7-10-16)5-8-15-3-2-4-17-19(15)20-12-11-18(24)22-17/h2-10,20H,11-12H2,1H3,(H,21,23)(H,22,24)/b8-5+. The van der Waals surface area contributed by atoms with Crippen molar-refractivity contribution in [2.75, 3.05) is 22.5 Å². The molecule has 2 aromatic rings. The van der Waals surface area contributed by atoms with Gasteiger partial charge in [0.25, 0.3) is 0 Å². The number of fused-ring (bicyclic) bond motifs is 1. The molecule has 5 heteroatoms. The number of anilines is 3. The van der Waals surface area contributed by atoms with E-state index in [-0.39, 0.29) is 11.8 Å². The molecule has 2 amide bonds. The Bertz CT molecular complexity index is 795. The second kappa shape index (κ2) is 7.00. The van der Waals surface area contributed by atoms with Crippen LogP contribution in [0, 0.1) is 0 Å². The highest BCUT2D eigenvalue weighted by atomic mass is 16.2. The smallest absolute Gasteiger partial charge is 0.226 e. The summed E-state index contributed by atoms with van der Waals surface area (Å²) in [5.74, 6) is -0.0608. The van der Waals surface area contributed by atoms with E-state index in [9.17, 15) is 9.59 Å². The molecule has 0 saturated carbocycles. The van der Waals surface area contributed by atoms with Crippen molar-refractivity contribution in [1.82, 2.24) is 0 Å². The van der Waals surface area contributed by atoms with E-state index in [1.165, 1.54) is 6.92 Å². The van der Waals surface area contributed by atoms with Crippen molar-refractivity contribution in [3.8, 4) is 0 Å². The van der Waals surface area contributed by atoms with E-state index in [0.29, 0.717) is 13.0 Å².